The molecule has 2 unspecified atom stereocenters. The minimum Gasteiger partial charge on any atom is -0.316 e. The quantitative estimate of drug-likeness (QED) is 0.820. The van der Waals surface area contributed by atoms with Crippen LogP contribution >= 0.6 is 11.6 Å². The zero-order valence-corrected chi connectivity index (χ0v) is 13.2. The van der Waals surface area contributed by atoms with E-state index < -0.39 is 0 Å². The first-order valence-electron chi connectivity index (χ1n) is 8.20. The Bertz CT molecular complexity index is 437. The second kappa shape index (κ2) is 6.49. The summed E-state index contributed by atoms with van der Waals surface area (Å²) >= 11 is 6.20. The average molecular weight is 292 g/mol. The van der Waals surface area contributed by atoms with Crippen molar-refractivity contribution in [3.8, 4) is 0 Å². The summed E-state index contributed by atoms with van der Waals surface area (Å²) in [6, 6.07) is 8.53. The first-order chi connectivity index (χ1) is 9.74. The molecule has 2 aliphatic rings. The molecular weight excluding hydrogens is 266 g/mol. The molecule has 1 N–H and O–H groups in total. The van der Waals surface area contributed by atoms with E-state index in [2.05, 4.69) is 30.4 Å². The molecule has 2 atom stereocenters. The van der Waals surface area contributed by atoms with Gasteiger partial charge in [0.15, 0.2) is 0 Å². The second-order valence-corrected chi connectivity index (χ2v) is 7.27. The van der Waals surface area contributed by atoms with Gasteiger partial charge < -0.3 is 5.32 Å². The summed E-state index contributed by atoms with van der Waals surface area (Å²) in [5, 5.41) is 4.47. The maximum absolute atomic E-state index is 6.20. The highest BCUT2D eigenvalue weighted by Crippen LogP contribution is 2.42. The number of piperidine rings is 1. The maximum Gasteiger partial charge on any atom is 0.0408 e. The monoisotopic (exact) mass is 291 g/mol. The number of benzene rings is 1. The van der Waals surface area contributed by atoms with E-state index in [1.54, 1.807) is 0 Å². The van der Waals surface area contributed by atoms with Crippen LogP contribution in [0.25, 0.3) is 0 Å². The van der Waals surface area contributed by atoms with Crippen molar-refractivity contribution >= 4 is 11.6 Å². The van der Waals surface area contributed by atoms with Crippen LogP contribution in [0.1, 0.15) is 50.5 Å². The third-order valence-electron chi connectivity index (χ3n) is 5.48. The van der Waals surface area contributed by atoms with Gasteiger partial charge in [0.05, 0.1) is 0 Å². The molecule has 1 saturated carbocycles. The summed E-state index contributed by atoms with van der Waals surface area (Å²) in [7, 11) is 0. The Hall–Kier alpha value is -0.530. The molecule has 0 bridgehead atoms. The molecule has 0 radical (unpaired) electrons. The Morgan fingerprint density at radius 3 is 2.65 bits per heavy atom. The normalized spacial score (nSPS) is 34.9. The van der Waals surface area contributed by atoms with E-state index in [4.69, 9.17) is 11.6 Å². The van der Waals surface area contributed by atoms with Gasteiger partial charge in [-0.3, -0.25) is 0 Å². The molecule has 1 aliphatic heterocycles. The number of nitrogens with one attached hydrogen (secondary N) is 1. The van der Waals surface area contributed by atoms with Crippen molar-refractivity contribution in [3.63, 3.8) is 0 Å². The van der Waals surface area contributed by atoms with Crippen LogP contribution in [0.5, 0.6) is 0 Å². The van der Waals surface area contributed by atoms with E-state index in [-0.39, 0.29) is 0 Å². The van der Waals surface area contributed by atoms with Crippen molar-refractivity contribution in [3.05, 3.63) is 34.9 Å². The predicted molar refractivity (Wildman–Crippen MR) is 86.3 cm³/mol. The maximum atomic E-state index is 6.20. The molecule has 1 aromatic carbocycles. The Morgan fingerprint density at radius 1 is 1.10 bits per heavy atom. The van der Waals surface area contributed by atoms with Gasteiger partial charge in [0.25, 0.3) is 0 Å². The number of hydrogen-bond donors (Lipinski definition) is 1. The predicted octanol–water partition coefficient (Wildman–Crippen LogP) is 4.86. The summed E-state index contributed by atoms with van der Waals surface area (Å²) in [4.78, 5) is 0. The molecule has 20 heavy (non-hydrogen) atoms. The van der Waals surface area contributed by atoms with Crippen LogP contribution in [0.2, 0.25) is 5.02 Å². The smallest absolute Gasteiger partial charge is 0.0408 e. The van der Waals surface area contributed by atoms with Crippen LogP contribution in [-0.2, 0) is 0 Å². The van der Waals surface area contributed by atoms with Crippen molar-refractivity contribution in [1.29, 1.82) is 0 Å². The van der Waals surface area contributed by atoms with Gasteiger partial charge in [0, 0.05) is 11.6 Å². The Morgan fingerprint density at radius 2 is 1.90 bits per heavy atom. The third kappa shape index (κ3) is 3.20. The van der Waals surface area contributed by atoms with Gasteiger partial charge in [-0.25, -0.2) is 0 Å². The molecule has 1 aromatic rings. The van der Waals surface area contributed by atoms with E-state index in [0.29, 0.717) is 5.92 Å². The lowest BCUT2D eigenvalue weighted by Crippen LogP contribution is -2.39. The molecule has 1 nitrogen and oxygen atoms in total. The van der Waals surface area contributed by atoms with Gasteiger partial charge in [0.2, 0.25) is 0 Å². The summed E-state index contributed by atoms with van der Waals surface area (Å²) < 4.78 is 0. The van der Waals surface area contributed by atoms with E-state index in [1.165, 1.54) is 44.2 Å². The molecule has 1 saturated heterocycles. The molecule has 110 valence electrons. The SMILES string of the molecule is CC1CCC(C2CCNCC2c2cccc(Cl)c2)CC1. The molecule has 0 amide bonds. The van der Waals surface area contributed by atoms with Crippen molar-refractivity contribution in [2.75, 3.05) is 13.1 Å². The highest BCUT2D eigenvalue weighted by molar-refractivity contribution is 6.30. The van der Waals surface area contributed by atoms with E-state index in [1.807, 2.05) is 6.07 Å². The minimum atomic E-state index is 0.654. The Kier molecular flexibility index (Phi) is 4.68. The van der Waals surface area contributed by atoms with Gasteiger partial charge in [-0.15, -0.1) is 0 Å². The van der Waals surface area contributed by atoms with Crippen molar-refractivity contribution in [2.45, 2.75) is 44.9 Å². The van der Waals surface area contributed by atoms with Crippen LogP contribution in [0.15, 0.2) is 24.3 Å². The fraction of sp³-hybridized carbons (Fsp3) is 0.667. The van der Waals surface area contributed by atoms with Gasteiger partial charge in [-0.05, 0) is 67.2 Å². The van der Waals surface area contributed by atoms with Crippen LogP contribution in [-0.4, -0.2) is 13.1 Å². The zero-order chi connectivity index (χ0) is 13.9. The Labute approximate surface area is 128 Å². The molecule has 2 heteroatoms. The number of hydrogen-bond acceptors (Lipinski definition) is 1. The lowest BCUT2D eigenvalue weighted by atomic mass is 9.68. The third-order valence-corrected chi connectivity index (χ3v) is 5.71. The largest absolute Gasteiger partial charge is 0.316 e. The lowest BCUT2D eigenvalue weighted by molar-refractivity contribution is 0.158. The molecule has 0 aromatic heterocycles. The summed E-state index contributed by atoms with van der Waals surface area (Å²) in [6.07, 6.45) is 7.05. The molecular formula is C18H26ClN. The van der Waals surface area contributed by atoms with E-state index in [0.717, 1.165) is 29.3 Å². The molecule has 0 spiro atoms. The minimum absolute atomic E-state index is 0.654. The van der Waals surface area contributed by atoms with Crippen molar-refractivity contribution in [1.82, 2.24) is 5.32 Å². The molecule has 3 rings (SSSR count). The second-order valence-electron chi connectivity index (χ2n) is 6.84. The summed E-state index contributed by atoms with van der Waals surface area (Å²) in [5.74, 6) is 3.37. The van der Waals surface area contributed by atoms with Crippen LogP contribution < -0.4 is 5.32 Å². The van der Waals surface area contributed by atoms with Gasteiger partial charge in [0.1, 0.15) is 0 Å². The topological polar surface area (TPSA) is 12.0 Å². The highest BCUT2D eigenvalue weighted by Gasteiger charge is 2.34. The summed E-state index contributed by atoms with van der Waals surface area (Å²) in [6.45, 7) is 4.72. The summed E-state index contributed by atoms with van der Waals surface area (Å²) in [5.41, 5.74) is 1.44. The molecule has 1 aliphatic carbocycles. The van der Waals surface area contributed by atoms with Crippen LogP contribution in [0, 0.1) is 17.8 Å². The van der Waals surface area contributed by atoms with E-state index >= 15 is 0 Å². The first kappa shape index (κ1) is 14.4. The highest BCUT2D eigenvalue weighted by atomic mass is 35.5. The van der Waals surface area contributed by atoms with Gasteiger partial charge in [-0.1, -0.05) is 43.5 Å². The zero-order valence-electron chi connectivity index (χ0n) is 12.4. The fourth-order valence-corrected chi connectivity index (χ4v) is 4.46. The standard InChI is InChI=1S/C18H26ClN/c1-13-5-7-14(8-6-13)17-9-10-20-12-18(17)15-3-2-4-16(19)11-15/h2-4,11,13-14,17-18,20H,5-10,12H2,1H3. The average Bonchev–Trinajstić information content (AvgIpc) is 2.48. The van der Waals surface area contributed by atoms with Gasteiger partial charge >= 0.3 is 0 Å². The molecule has 1 heterocycles. The first-order valence-corrected chi connectivity index (χ1v) is 8.58. The Balaban J connectivity index is 1.77. The lowest BCUT2D eigenvalue weighted by Gasteiger charge is -2.40. The van der Waals surface area contributed by atoms with E-state index in [9.17, 15) is 0 Å². The number of halogens is 1. The number of rotatable bonds is 2. The van der Waals surface area contributed by atoms with Crippen LogP contribution in [0.4, 0.5) is 0 Å². The fourth-order valence-electron chi connectivity index (χ4n) is 4.26. The van der Waals surface area contributed by atoms with Crippen molar-refractivity contribution < 1.29 is 0 Å². The molecule has 2 fully saturated rings. The van der Waals surface area contributed by atoms with Gasteiger partial charge in [-0.2, -0.15) is 0 Å². The van der Waals surface area contributed by atoms with Crippen molar-refractivity contribution in [2.24, 2.45) is 17.8 Å². The van der Waals surface area contributed by atoms with Crippen LogP contribution in [0.3, 0.4) is 0 Å².